The summed E-state index contributed by atoms with van der Waals surface area (Å²) in [6.07, 6.45) is 2.78. The summed E-state index contributed by atoms with van der Waals surface area (Å²) in [5.41, 5.74) is 13.4. The minimum absolute atomic E-state index is 0.241. The fraction of sp³-hybridized carbons (Fsp3) is 0.400. The molecule has 110 valence electrons. The molecule has 1 aromatic rings. The van der Waals surface area contributed by atoms with E-state index in [1.165, 1.54) is 18.3 Å². The minimum atomic E-state index is -0.241. The molecule has 0 aliphatic carbocycles. The topological polar surface area (TPSA) is 79.1 Å². The van der Waals surface area contributed by atoms with Gasteiger partial charge in [0.1, 0.15) is 5.82 Å². The van der Waals surface area contributed by atoms with E-state index in [-0.39, 0.29) is 5.82 Å². The maximum absolute atomic E-state index is 12.8. The van der Waals surface area contributed by atoms with Crippen molar-refractivity contribution in [3.63, 3.8) is 0 Å². The Balaban J connectivity index is 2.49. The van der Waals surface area contributed by atoms with Crippen molar-refractivity contribution in [2.75, 3.05) is 26.7 Å². The fourth-order valence-corrected chi connectivity index (χ4v) is 1.92. The third kappa shape index (κ3) is 5.50. The van der Waals surface area contributed by atoms with Crippen LogP contribution in [0.2, 0.25) is 0 Å². The molecule has 20 heavy (non-hydrogen) atoms. The van der Waals surface area contributed by atoms with Gasteiger partial charge in [0.25, 0.3) is 0 Å². The van der Waals surface area contributed by atoms with Crippen LogP contribution in [0.25, 0.3) is 0 Å². The lowest BCUT2D eigenvalue weighted by atomic mass is 10.0. The van der Waals surface area contributed by atoms with Gasteiger partial charge in [-0.05, 0) is 37.6 Å². The molecule has 0 heterocycles. The lowest BCUT2D eigenvalue weighted by Crippen LogP contribution is -2.29. The van der Waals surface area contributed by atoms with Gasteiger partial charge < -0.3 is 21.8 Å². The van der Waals surface area contributed by atoms with Crippen LogP contribution in [-0.4, -0.2) is 37.3 Å². The second kappa shape index (κ2) is 8.45. The highest BCUT2D eigenvalue weighted by atomic mass is 19.1. The van der Waals surface area contributed by atoms with Crippen molar-refractivity contribution < 1.29 is 4.39 Å². The molecule has 0 amide bonds. The third-order valence-electron chi connectivity index (χ3n) is 3.12. The third-order valence-corrected chi connectivity index (χ3v) is 3.12. The van der Waals surface area contributed by atoms with Gasteiger partial charge >= 0.3 is 0 Å². The number of likely N-dealkylation sites (N-methyl/N-ethyl adjacent to an activating group) is 1. The van der Waals surface area contributed by atoms with Crippen LogP contribution in [0.3, 0.4) is 0 Å². The summed E-state index contributed by atoms with van der Waals surface area (Å²) >= 11 is 0. The number of benzene rings is 1. The summed E-state index contributed by atoms with van der Waals surface area (Å²) in [5, 5.41) is 8.08. The zero-order chi connectivity index (χ0) is 15.0. The quantitative estimate of drug-likeness (QED) is 0.631. The highest BCUT2D eigenvalue weighted by Gasteiger charge is 2.08. The number of hydrogen-bond acceptors (Lipinski definition) is 4. The molecule has 0 aliphatic heterocycles. The van der Waals surface area contributed by atoms with E-state index >= 15 is 0 Å². The van der Waals surface area contributed by atoms with E-state index in [0.717, 1.165) is 17.7 Å². The Kier molecular flexibility index (Phi) is 6.90. The summed E-state index contributed by atoms with van der Waals surface area (Å²) in [6, 6.07) is 6.37. The zero-order valence-corrected chi connectivity index (χ0v) is 11.9. The predicted octanol–water partition coefficient (Wildman–Crippen LogP) is 1.51. The Morgan fingerprint density at radius 2 is 2.00 bits per heavy atom. The molecule has 0 bridgehead atoms. The maximum Gasteiger partial charge on any atom is 0.123 e. The smallest absolute Gasteiger partial charge is 0.123 e. The van der Waals surface area contributed by atoms with Gasteiger partial charge in [-0.3, -0.25) is 0 Å². The monoisotopic (exact) mass is 278 g/mol. The molecule has 0 saturated carbocycles. The van der Waals surface area contributed by atoms with Crippen LogP contribution < -0.4 is 11.5 Å². The van der Waals surface area contributed by atoms with E-state index in [1.807, 2.05) is 11.9 Å². The number of halogens is 1. The number of nitrogens with two attached hydrogens (primary N) is 2. The molecule has 0 fully saturated rings. The lowest BCUT2D eigenvalue weighted by Gasteiger charge is -2.18. The predicted molar refractivity (Wildman–Crippen MR) is 81.3 cm³/mol. The van der Waals surface area contributed by atoms with Gasteiger partial charge in [0, 0.05) is 37.1 Å². The lowest BCUT2D eigenvalue weighted by molar-refractivity contribution is 0.376. The van der Waals surface area contributed by atoms with E-state index in [9.17, 15) is 4.39 Å². The summed E-state index contributed by atoms with van der Waals surface area (Å²) in [6.45, 7) is 1.97. The molecular weight excluding hydrogens is 255 g/mol. The molecule has 0 aromatic heterocycles. The normalized spacial score (nSPS) is 11.9. The molecule has 0 unspecified atom stereocenters. The Hall–Kier alpha value is -1.72. The molecule has 0 spiro atoms. The highest BCUT2D eigenvalue weighted by molar-refractivity contribution is 5.98. The van der Waals surface area contributed by atoms with Gasteiger partial charge in [0.15, 0.2) is 0 Å². The van der Waals surface area contributed by atoms with Crippen LogP contribution in [0.5, 0.6) is 0 Å². The zero-order valence-electron chi connectivity index (χ0n) is 11.9. The van der Waals surface area contributed by atoms with Gasteiger partial charge in [0.2, 0.25) is 0 Å². The summed E-state index contributed by atoms with van der Waals surface area (Å²) in [4.78, 5) is 2.03. The van der Waals surface area contributed by atoms with Crippen LogP contribution in [0.15, 0.2) is 36.0 Å². The molecule has 5 N–H and O–H groups in total. The van der Waals surface area contributed by atoms with Crippen LogP contribution in [0.1, 0.15) is 12.0 Å². The van der Waals surface area contributed by atoms with Crippen LogP contribution in [0, 0.1) is 11.2 Å². The van der Waals surface area contributed by atoms with Crippen LogP contribution >= 0.6 is 0 Å². The molecule has 0 saturated heterocycles. The standard InChI is InChI=1S/C15H23FN4/c1-20(9-8-17)11-13(10-18)15(19)7-4-12-2-5-14(16)6-3-12/h2-3,5-6,10,19H,4,7-9,11,17-18H2,1H3/b13-10-,19-15?. The first-order chi connectivity index (χ1) is 9.56. The number of nitrogens with zero attached hydrogens (tertiary/aromatic N) is 1. The van der Waals surface area contributed by atoms with Gasteiger partial charge in [-0.15, -0.1) is 0 Å². The summed E-state index contributed by atoms with van der Waals surface area (Å²) in [7, 11) is 1.95. The number of hydrogen-bond donors (Lipinski definition) is 3. The van der Waals surface area contributed by atoms with Gasteiger partial charge in [0.05, 0.1) is 0 Å². The molecule has 5 heteroatoms. The Morgan fingerprint density at radius 3 is 2.55 bits per heavy atom. The minimum Gasteiger partial charge on any atom is -0.404 e. The van der Waals surface area contributed by atoms with Crippen molar-refractivity contribution in [2.45, 2.75) is 12.8 Å². The molecule has 0 atom stereocenters. The Bertz CT molecular complexity index is 453. The number of nitrogens with one attached hydrogen (secondary N) is 1. The first kappa shape index (κ1) is 16.3. The second-order valence-corrected chi connectivity index (χ2v) is 4.82. The average Bonchev–Trinajstić information content (AvgIpc) is 2.44. The van der Waals surface area contributed by atoms with Crippen molar-refractivity contribution in [3.05, 3.63) is 47.4 Å². The van der Waals surface area contributed by atoms with Crippen LogP contribution in [-0.2, 0) is 6.42 Å². The molecule has 0 aliphatic rings. The second-order valence-electron chi connectivity index (χ2n) is 4.82. The van der Waals surface area contributed by atoms with E-state index in [4.69, 9.17) is 16.9 Å². The largest absolute Gasteiger partial charge is 0.404 e. The first-order valence-corrected chi connectivity index (χ1v) is 6.68. The van der Waals surface area contributed by atoms with Crippen LogP contribution in [0.4, 0.5) is 4.39 Å². The van der Waals surface area contributed by atoms with E-state index in [0.29, 0.717) is 31.6 Å². The summed E-state index contributed by atoms with van der Waals surface area (Å²) < 4.78 is 12.8. The number of aryl methyl sites for hydroxylation is 1. The Morgan fingerprint density at radius 1 is 1.35 bits per heavy atom. The van der Waals surface area contributed by atoms with Crippen molar-refractivity contribution in [1.82, 2.24) is 4.90 Å². The molecule has 0 radical (unpaired) electrons. The van der Waals surface area contributed by atoms with Gasteiger partial charge in [-0.1, -0.05) is 12.1 Å². The highest BCUT2D eigenvalue weighted by Crippen LogP contribution is 2.09. The average molecular weight is 278 g/mol. The van der Waals surface area contributed by atoms with Crippen molar-refractivity contribution in [3.8, 4) is 0 Å². The number of rotatable bonds is 8. The SMILES string of the molecule is CN(CCN)C/C(=C/N)C(=N)CCc1ccc(F)cc1. The molecule has 4 nitrogen and oxygen atoms in total. The van der Waals surface area contributed by atoms with E-state index in [1.54, 1.807) is 12.1 Å². The maximum atomic E-state index is 12.8. The molecule has 1 aromatic carbocycles. The van der Waals surface area contributed by atoms with Gasteiger partial charge in [-0.25, -0.2) is 4.39 Å². The Labute approximate surface area is 119 Å². The van der Waals surface area contributed by atoms with E-state index in [2.05, 4.69) is 0 Å². The van der Waals surface area contributed by atoms with Crippen molar-refractivity contribution in [2.24, 2.45) is 11.5 Å². The van der Waals surface area contributed by atoms with Gasteiger partial charge in [-0.2, -0.15) is 0 Å². The van der Waals surface area contributed by atoms with Crippen molar-refractivity contribution >= 4 is 5.71 Å². The van der Waals surface area contributed by atoms with Crippen molar-refractivity contribution in [1.29, 1.82) is 5.41 Å². The fourth-order valence-electron chi connectivity index (χ4n) is 1.92. The summed E-state index contributed by atoms with van der Waals surface area (Å²) in [5.74, 6) is -0.241. The molecule has 1 rings (SSSR count). The van der Waals surface area contributed by atoms with E-state index < -0.39 is 0 Å². The molecular formula is C15H23FN4. The first-order valence-electron chi connectivity index (χ1n) is 6.68.